The predicted octanol–water partition coefficient (Wildman–Crippen LogP) is 5.47. The second-order valence-corrected chi connectivity index (χ2v) is 10.0. The Hall–Kier alpha value is -2.95. The molecule has 2 aromatic rings. The van der Waals surface area contributed by atoms with Crippen LogP contribution in [0.15, 0.2) is 47.5 Å². The fourth-order valence-electron chi connectivity index (χ4n) is 3.88. The Bertz CT molecular complexity index is 1030. The van der Waals surface area contributed by atoms with Crippen LogP contribution in [0.5, 0.6) is 5.75 Å². The maximum absolute atomic E-state index is 13.1. The van der Waals surface area contributed by atoms with E-state index in [0.717, 1.165) is 23.4 Å². The number of ketones is 1. The Kier molecular flexibility index (Phi) is 6.35. The number of Topliss-reactive ketones (excluding diaryl/α,β-unsaturated/α-hetero) is 1. The van der Waals surface area contributed by atoms with Gasteiger partial charge in [-0.05, 0) is 55.5 Å². The van der Waals surface area contributed by atoms with Crippen molar-refractivity contribution < 1.29 is 14.3 Å². The van der Waals surface area contributed by atoms with Gasteiger partial charge < -0.3 is 10.1 Å². The van der Waals surface area contributed by atoms with Crippen LogP contribution in [0, 0.1) is 5.41 Å². The summed E-state index contributed by atoms with van der Waals surface area (Å²) >= 11 is 0. The second-order valence-electron chi connectivity index (χ2n) is 10.0. The van der Waals surface area contributed by atoms with E-state index in [4.69, 9.17) is 9.73 Å². The number of ether oxygens (including phenoxy) is 1. The monoisotopic (exact) mass is 420 g/mol. The van der Waals surface area contributed by atoms with E-state index < -0.39 is 0 Å². The third-order valence-corrected chi connectivity index (χ3v) is 5.18. The van der Waals surface area contributed by atoms with Crippen molar-refractivity contribution in [2.75, 3.05) is 12.4 Å². The van der Waals surface area contributed by atoms with Gasteiger partial charge in [-0.2, -0.15) is 0 Å². The number of nitrogens with zero attached hydrogens (tertiary/aromatic N) is 1. The van der Waals surface area contributed by atoms with Crippen LogP contribution < -0.4 is 10.1 Å². The van der Waals surface area contributed by atoms with Crippen molar-refractivity contribution in [3.63, 3.8) is 0 Å². The summed E-state index contributed by atoms with van der Waals surface area (Å²) in [4.78, 5) is 30.3. The van der Waals surface area contributed by atoms with E-state index in [1.54, 1.807) is 31.4 Å². The molecule has 5 nitrogen and oxygen atoms in total. The molecule has 2 aromatic carbocycles. The smallest absolute Gasteiger partial charge is 0.224 e. The number of fused-ring (bicyclic) bond motifs is 1. The number of amides is 1. The number of methoxy groups -OCH3 is 1. The lowest BCUT2D eigenvalue weighted by atomic mass is 9.85. The maximum Gasteiger partial charge on any atom is 0.224 e. The molecule has 1 amide bonds. The molecular weight excluding hydrogens is 388 g/mol. The van der Waals surface area contributed by atoms with Crippen molar-refractivity contribution in [3.8, 4) is 5.75 Å². The minimum Gasteiger partial charge on any atom is -0.497 e. The van der Waals surface area contributed by atoms with Gasteiger partial charge in [-0.3, -0.25) is 14.6 Å². The summed E-state index contributed by atoms with van der Waals surface area (Å²) < 4.78 is 5.38. The van der Waals surface area contributed by atoms with Gasteiger partial charge in [0.1, 0.15) is 5.75 Å². The fourth-order valence-corrected chi connectivity index (χ4v) is 3.88. The molecule has 0 spiro atoms. The highest BCUT2D eigenvalue weighted by molar-refractivity contribution is 6.17. The zero-order valence-corrected chi connectivity index (χ0v) is 19.3. The number of nitrogens with one attached hydrogen (secondary N) is 1. The number of anilines is 1. The molecule has 0 aliphatic carbocycles. The molecule has 3 rings (SSSR count). The third-order valence-electron chi connectivity index (χ3n) is 5.18. The third kappa shape index (κ3) is 6.03. The van der Waals surface area contributed by atoms with Gasteiger partial charge in [0.15, 0.2) is 5.78 Å². The number of hydrogen-bond donors (Lipinski definition) is 1. The number of benzene rings is 2. The lowest BCUT2D eigenvalue weighted by molar-refractivity contribution is -0.117. The number of carbonyl (C=O) groups excluding carboxylic acids is 2. The van der Waals surface area contributed by atoms with Crippen molar-refractivity contribution in [2.24, 2.45) is 10.4 Å². The maximum atomic E-state index is 13.1. The molecular formula is C26H32N2O3. The van der Waals surface area contributed by atoms with Crippen molar-refractivity contribution >= 4 is 23.1 Å². The molecule has 0 fully saturated rings. The highest BCUT2D eigenvalue weighted by atomic mass is 16.5. The topological polar surface area (TPSA) is 67.8 Å². The summed E-state index contributed by atoms with van der Waals surface area (Å²) in [6, 6.07) is 13.1. The zero-order chi connectivity index (χ0) is 22.8. The minimum absolute atomic E-state index is 0.0304. The Morgan fingerprint density at radius 3 is 2.55 bits per heavy atom. The van der Waals surface area contributed by atoms with Gasteiger partial charge in [0.05, 0.1) is 24.8 Å². The molecule has 0 saturated carbocycles. The highest BCUT2D eigenvalue weighted by Crippen LogP contribution is 2.31. The summed E-state index contributed by atoms with van der Waals surface area (Å²) in [6.07, 6.45) is 1.43. The van der Waals surface area contributed by atoms with Crippen LogP contribution in [0.25, 0.3) is 0 Å². The first-order chi connectivity index (χ1) is 14.5. The molecule has 0 unspecified atom stereocenters. The lowest BCUT2D eigenvalue weighted by Gasteiger charge is -2.29. The minimum atomic E-state index is -0.264. The Morgan fingerprint density at radius 1 is 1.13 bits per heavy atom. The summed E-state index contributed by atoms with van der Waals surface area (Å²) in [6.45, 7) is 10.2. The zero-order valence-electron chi connectivity index (χ0n) is 19.3. The number of aliphatic imine (C=N–C) groups is 1. The summed E-state index contributed by atoms with van der Waals surface area (Å²) in [7, 11) is 1.63. The van der Waals surface area contributed by atoms with Gasteiger partial charge >= 0.3 is 0 Å². The standard InChI is InChI=1S/C26H32N2O3/c1-25(2,3)16-24(30)27-19-9-7-8-17(12-19)23(29)14-22-21-13-20(31-6)11-10-18(21)15-26(4,5)28-22/h7-13H,14-16H2,1-6H3,(H,27,30). The summed E-state index contributed by atoms with van der Waals surface area (Å²) in [5, 5.41) is 2.90. The first-order valence-electron chi connectivity index (χ1n) is 10.6. The van der Waals surface area contributed by atoms with Crippen molar-refractivity contribution in [2.45, 2.75) is 59.4 Å². The van der Waals surface area contributed by atoms with Crippen LogP contribution in [0.3, 0.4) is 0 Å². The SMILES string of the molecule is COc1ccc2c(c1)C(CC(=O)c1cccc(NC(=O)CC(C)(C)C)c1)=NC(C)(C)C2. The number of rotatable bonds is 6. The van der Waals surface area contributed by atoms with E-state index in [2.05, 4.69) is 25.2 Å². The van der Waals surface area contributed by atoms with Gasteiger partial charge in [0, 0.05) is 23.2 Å². The Balaban J connectivity index is 1.81. The Morgan fingerprint density at radius 2 is 1.87 bits per heavy atom. The van der Waals surface area contributed by atoms with Gasteiger partial charge in [-0.25, -0.2) is 0 Å². The highest BCUT2D eigenvalue weighted by Gasteiger charge is 2.28. The molecule has 1 aliphatic heterocycles. The quantitative estimate of drug-likeness (QED) is 0.630. The van der Waals surface area contributed by atoms with E-state index in [-0.39, 0.29) is 29.1 Å². The molecule has 1 aliphatic rings. The number of carbonyl (C=O) groups is 2. The van der Waals surface area contributed by atoms with Crippen LogP contribution in [0.2, 0.25) is 0 Å². The molecule has 0 saturated heterocycles. The molecule has 0 atom stereocenters. The second kappa shape index (κ2) is 8.66. The van der Waals surface area contributed by atoms with Gasteiger partial charge in [0.25, 0.3) is 0 Å². The molecule has 164 valence electrons. The van der Waals surface area contributed by atoms with E-state index in [1.807, 2.05) is 32.9 Å². The molecule has 31 heavy (non-hydrogen) atoms. The van der Waals surface area contributed by atoms with E-state index in [9.17, 15) is 9.59 Å². The van der Waals surface area contributed by atoms with Crippen LogP contribution in [-0.2, 0) is 11.2 Å². The molecule has 5 heteroatoms. The van der Waals surface area contributed by atoms with E-state index >= 15 is 0 Å². The Labute approximate surface area is 184 Å². The van der Waals surface area contributed by atoms with Crippen molar-refractivity contribution in [1.82, 2.24) is 0 Å². The average Bonchev–Trinajstić information content (AvgIpc) is 2.65. The molecule has 1 heterocycles. The summed E-state index contributed by atoms with van der Waals surface area (Å²) in [5.41, 5.74) is 3.75. The molecule has 1 N–H and O–H groups in total. The number of hydrogen-bond acceptors (Lipinski definition) is 4. The molecule has 0 radical (unpaired) electrons. The van der Waals surface area contributed by atoms with Crippen molar-refractivity contribution in [3.05, 3.63) is 59.2 Å². The van der Waals surface area contributed by atoms with Gasteiger partial charge in [-0.1, -0.05) is 39.0 Å². The fraction of sp³-hybridized carbons (Fsp3) is 0.423. The van der Waals surface area contributed by atoms with Crippen LogP contribution in [0.1, 0.15) is 68.9 Å². The molecule has 0 aromatic heterocycles. The van der Waals surface area contributed by atoms with Crippen LogP contribution >= 0.6 is 0 Å². The van der Waals surface area contributed by atoms with Gasteiger partial charge in [0.2, 0.25) is 5.91 Å². The summed E-state index contributed by atoms with van der Waals surface area (Å²) in [5.74, 6) is 0.663. The lowest BCUT2D eigenvalue weighted by Crippen LogP contribution is -2.30. The predicted molar refractivity (Wildman–Crippen MR) is 125 cm³/mol. The van der Waals surface area contributed by atoms with Crippen LogP contribution in [-0.4, -0.2) is 30.1 Å². The molecule has 0 bridgehead atoms. The first-order valence-corrected chi connectivity index (χ1v) is 10.6. The van der Waals surface area contributed by atoms with Crippen LogP contribution in [0.4, 0.5) is 5.69 Å². The van der Waals surface area contributed by atoms with Gasteiger partial charge in [-0.15, -0.1) is 0 Å². The first kappa shape index (κ1) is 22.7. The average molecular weight is 421 g/mol. The largest absolute Gasteiger partial charge is 0.497 e. The van der Waals surface area contributed by atoms with E-state index in [0.29, 0.717) is 17.7 Å². The normalized spacial score (nSPS) is 15.0. The van der Waals surface area contributed by atoms with Crippen molar-refractivity contribution in [1.29, 1.82) is 0 Å². The van der Waals surface area contributed by atoms with E-state index in [1.165, 1.54) is 5.56 Å².